The quantitative estimate of drug-likeness (QED) is 0.648. The molecule has 1 aromatic carbocycles. The van der Waals surface area contributed by atoms with E-state index in [4.69, 9.17) is 5.11 Å². The third-order valence-electron chi connectivity index (χ3n) is 2.47. The maximum atomic E-state index is 8.68. The molecule has 0 aliphatic rings. The molecule has 2 aromatic rings. The number of nitrogens with one attached hydrogen (secondary N) is 2. The van der Waals surface area contributed by atoms with Crippen molar-refractivity contribution in [1.82, 2.24) is 20.7 Å². The molecular formula is C12H16N4O. The molecule has 2 rings (SSSR count). The Balaban J connectivity index is 2.02. The van der Waals surface area contributed by atoms with Crippen molar-refractivity contribution >= 4 is 0 Å². The van der Waals surface area contributed by atoms with E-state index in [1.165, 1.54) is 0 Å². The number of benzene rings is 1. The maximum absolute atomic E-state index is 8.68. The number of rotatable bonds is 6. The second kappa shape index (κ2) is 6.12. The van der Waals surface area contributed by atoms with Gasteiger partial charge in [0.05, 0.1) is 0 Å². The van der Waals surface area contributed by atoms with Gasteiger partial charge in [-0.05, 0) is 13.0 Å². The van der Waals surface area contributed by atoms with Gasteiger partial charge in [-0.3, -0.25) is 0 Å². The molecule has 0 saturated carbocycles. The molecule has 0 aliphatic heterocycles. The smallest absolute Gasteiger partial charge is 0.117 e. The van der Waals surface area contributed by atoms with E-state index in [0.717, 1.165) is 29.9 Å². The van der Waals surface area contributed by atoms with Crippen molar-refractivity contribution in [3.8, 4) is 11.3 Å². The molecule has 0 aliphatic carbocycles. The van der Waals surface area contributed by atoms with Crippen molar-refractivity contribution in [2.45, 2.75) is 13.0 Å². The zero-order chi connectivity index (χ0) is 11.9. The maximum Gasteiger partial charge on any atom is 0.117 e. The lowest BCUT2D eigenvalue weighted by molar-refractivity contribution is 0.286. The normalized spacial score (nSPS) is 10.6. The van der Waals surface area contributed by atoms with Gasteiger partial charge in [0.1, 0.15) is 11.4 Å². The number of aliphatic hydroxyl groups is 1. The second-order valence-corrected chi connectivity index (χ2v) is 3.74. The summed E-state index contributed by atoms with van der Waals surface area (Å²) in [5.41, 5.74) is 2.83. The minimum Gasteiger partial charge on any atom is -0.396 e. The zero-order valence-electron chi connectivity index (χ0n) is 9.56. The van der Waals surface area contributed by atoms with E-state index in [1.54, 1.807) is 0 Å². The Hall–Kier alpha value is -1.72. The van der Waals surface area contributed by atoms with Gasteiger partial charge in [-0.15, -0.1) is 0 Å². The first-order valence-electron chi connectivity index (χ1n) is 5.68. The van der Waals surface area contributed by atoms with Crippen LogP contribution >= 0.6 is 0 Å². The summed E-state index contributed by atoms with van der Waals surface area (Å²) in [6.07, 6.45) is 0.749. The molecule has 5 heteroatoms. The highest BCUT2D eigenvalue weighted by Crippen LogP contribution is 2.18. The van der Waals surface area contributed by atoms with Gasteiger partial charge in [0.2, 0.25) is 0 Å². The molecule has 0 bridgehead atoms. The lowest BCUT2D eigenvalue weighted by Crippen LogP contribution is -2.16. The topological polar surface area (TPSA) is 73.8 Å². The third-order valence-corrected chi connectivity index (χ3v) is 2.47. The first-order valence-corrected chi connectivity index (χ1v) is 5.68. The van der Waals surface area contributed by atoms with E-state index in [9.17, 15) is 0 Å². The molecule has 0 spiro atoms. The highest BCUT2D eigenvalue weighted by molar-refractivity contribution is 5.60. The molecule has 5 nitrogen and oxygen atoms in total. The molecule has 3 N–H and O–H groups in total. The Bertz CT molecular complexity index is 441. The number of aliphatic hydroxyl groups excluding tert-OH is 1. The van der Waals surface area contributed by atoms with Crippen LogP contribution in [0.3, 0.4) is 0 Å². The van der Waals surface area contributed by atoms with Crippen molar-refractivity contribution in [3.63, 3.8) is 0 Å². The molecule has 0 radical (unpaired) electrons. The van der Waals surface area contributed by atoms with E-state index in [0.29, 0.717) is 6.54 Å². The van der Waals surface area contributed by atoms with Crippen molar-refractivity contribution in [1.29, 1.82) is 0 Å². The highest BCUT2D eigenvalue weighted by Gasteiger charge is 2.08. The molecule has 17 heavy (non-hydrogen) atoms. The monoisotopic (exact) mass is 232 g/mol. The number of hydrogen-bond acceptors (Lipinski definition) is 4. The van der Waals surface area contributed by atoms with E-state index >= 15 is 0 Å². The molecule has 0 atom stereocenters. The van der Waals surface area contributed by atoms with Crippen LogP contribution < -0.4 is 5.32 Å². The SMILES string of the molecule is OCCCNCc1n[nH]nc1-c1ccccc1. The highest BCUT2D eigenvalue weighted by atomic mass is 16.3. The van der Waals surface area contributed by atoms with Crippen LogP contribution in [0.1, 0.15) is 12.1 Å². The first kappa shape index (κ1) is 11.8. The molecule has 0 fully saturated rings. The van der Waals surface area contributed by atoms with Crippen LogP contribution in [0.4, 0.5) is 0 Å². The van der Waals surface area contributed by atoms with E-state index in [1.807, 2.05) is 30.3 Å². The Morgan fingerprint density at radius 3 is 2.76 bits per heavy atom. The van der Waals surface area contributed by atoms with Crippen molar-refractivity contribution < 1.29 is 5.11 Å². The van der Waals surface area contributed by atoms with Gasteiger partial charge in [0.15, 0.2) is 0 Å². The Labute approximate surface area is 99.9 Å². The number of hydrogen-bond donors (Lipinski definition) is 3. The van der Waals surface area contributed by atoms with Crippen LogP contribution in [0.15, 0.2) is 30.3 Å². The minimum absolute atomic E-state index is 0.206. The zero-order valence-corrected chi connectivity index (χ0v) is 9.56. The predicted molar refractivity (Wildman–Crippen MR) is 65.2 cm³/mol. The van der Waals surface area contributed by atoms with Gasteiger partial charge in [-0.1, -0.05) is 30.3 Å². The molecular weight excluding hydrogens is 216 g/mol. The fourth-order valence-electron chi connectivity index (χ4n) is 1.61. The lowest BCUT2D eigenvalue weighted by atomic mass is 10.1. The van der Waals surface area contributed by atoms with Crippen LogP contribution in [0.2, 0.25) is 0 Å². The van der Waals surface area contributed by atoms with Crippen LogP contribution in [0.5, 0.6) is 0 Å². The van der Waals surface area contributed by atoms with Crippen molar-refractivity contribution in [3.05, 3.63) is 36.0 Å². The average Bonchev–Trinajstić information content (AvgIpc) is 2.84. The molecule has 0 amide bonds. The summed E-state index contributed by atoms with van der Waals surface area (Å²) >= 11 is 0. The number of H-pyrrole nitrogens is 1. The van der Waals surface area contributed by atoms with Gasteiger partial charge >= 0.3 is 0 Å². The summed E-state index contributed by atoms with van der Waals surface area (Å²) in [4.78, 5) is 0. The van der Waals surface area contributed by atoms with Crippen LogP contribution in [-0.2, 0) is 6.54 Å². The number of aromatic amines is 1. The summed E-state index contributed by atoms with van der Waals surface area (Å²) < 4.78 is 0. The van der Waals surface area contributed by atoms with Gasteiger partial charge in [0, 0.05) is 18.7 Å². The molecule has 0 saturated heterocycles. The fraction of sp³-hybridized carbons (Fsp3) is 0.333. The number of aromatic nitrogens is 3. The van der Waals surface area contributed by atoms with E-state index in [-0.39, 0.29) is 6.61 Å². The van der Waals surface area contributed by atoms with E-state index < -0.39 is 0 Å². The van der Waals surface area contributed by atoms with E-state index in [2.05, 4.69) is 20.7 Å². The van der Waals surface area contributed by atoms with Crippen LogP contribution in [0, 0.1) is 0 Å². The largest absolute Gasteiger partial charge is 0.396 e. The summed E-state index contributed by atoms with van der Waals surface area (Å²) in [7, 11) is 0. The van der Waals surface area contributed by atoms with Crippen LogP contribution in [0.25, 0.3) is 11.3 Å². The molecule has 90 valence electrons. The van der Waals surface area contributed by atoms with Crippen LogP contribution in [-0.4, -0.2) is 33.7 Å². The molecule has 0 unspecified atom stereocenters. The summed E-state index contributed by atoms with van der Waals surface area (Å²) in [5, 5.41) is 22.8. The van der Waals surface area contributed by atoms with Gasteiger partial charge in [-0.25, -0.2) is 0 Å². The summed E-state index contributed by atoms with van der Waals surface area (Å²) in [6, 6.07) is 9.95. The Kier molecular flexibility index (Phi) is 4.23. The fourth-order valence-corrected chi connectivity index (χ4v) is 1.61. The molecule has 1 aromatic heterocycles. The third kappa shape index (κ3) is 3.12. The van der Waals surface area contributed by atoms with Crippen molar-refractivity contribution in [2.24, 2.45) is 0 Å². The lowest BCUT2D eigenvalue weighted by Gasteiger charge is -2.02. The number of nitrogens with zero attached hydrogens (tertiary/aromatic N) is 2. The average molecular weight is 232 g/mol. The predicted octanol–water partition coefficient (Wildman–Crippen LogP) is 0.944. The second-order valence-electron chi connectivity index (χ2n) is 3.74. The standard InChI is InChI=1S/C12H16N4O/c17-8-4-7-13-9-11-12(15-16-14-11)10-5-2-1-3-6-10/h1-3,5-6,13,17H,4,7-9H2,(H,14,15,16). The van der Waals surface area contributed by atoms with Gasteiger partial charge < -0.3 is 10.4 Å². The first-order chi connectivity index (χ1) is 8.42. The van der Waals surface area contributed by atoms with Gasteiger partial charge in [0.25, 0.3) is 0 Å². The summed E-state index contributed by atoms with van der Waals surface area (Å²) in [6.45, 7) is 1.63. The Morgan fingerprint density at radius 2 is 2.00 bits per heavy atom. The summed E-state index contributed by atoms with van der Waals surface area (Å²) in [5.74, 6) is 0. The Morgan fingerprint density at radius 1 is 1.18 bits per heavy atom. The van der Waals surface area contributed by atoms with Gasteiger partial charge in [-0.2, -0.15) is 15.4 Å². The minimum atomic E-state index is 0.206. The molecule has 1 heterocycles. The van der Waals surface area contributed by atoms with Crippen molar-refractivity contribution in [2.75, 3.05) is 13.2 Å².